The van der Waals surface area contributed by atoms with Crippen LogP contribution < -0.4 is 5.32 Å². The zero-order valence-electron chi connectivity index (χ0n) is 20.0. The summed E-state index contributed by atoms with van der Waals surface area (Å²) < 4.78 is 3.67. The molecular formula is C27H26N8O. The molecule has 180 valence electrons. The van der Waals surface area contributed by atoms with Gasteiger partial charge in [-0.05, 0) is 49.6 Å². The molecule has 4 aromatic rings. The van der Waals surface area contributed by atoms with Crippen LogP contribution in [0.3, 0.4) is 0 Å². The molecule has 1 saturated carbocycles. The number of hydrogen-bond acceptors (Lipinski definition) is 6. The maximum atomic E-state index is 13.2. The fraction of sp³-hybridized carbons (Fsp3) is 0.185. The van der Waals surface area contributed by atoms with Gasteiger partial charge in [0.15, 0.2) is 5.82 Å². The number of hydrogen-bond donors (Lipinski definition) is 1. The third kappa shape index (κ3) is 5.20. The summed E-state index contributed by atoms with van der Waals surface area (Å²) in [4.78, 5) is 26.2. The van der Waals surface area contributed by atoms with E-state index in [1.54, 1.807) is 37.3 Å². The summed E-state index contributed by atoms with van der Waals surface area (Å²) in [5.41, 5.74) is 4.18. The smallest absolute Gasteiger partial charge is 0.274 e. The minimum absolute atomic E-state index is 0.257. The molecule has 0 unspecified atom stereocenters. The van der Waals surface area contributed by atoms with Gasteiger partial charge in [-0.2, -0.15) is 0 Å². The van der Waals surface area contributed by atoms with Gasteiger partial charge < -0.3 is 9.88 Å². The first-order valence-corrected chi connectivity index (χ1v) is 11.8. The highest BCUT2D eigenvalue weighted by Gasteiger charge is 2.25. The van der Waals surface area contributed by atoms with Crippen LogP contribution in [0.4, 0.5) is 5.69 Å². The maximum Gasteiger partial charge on any atom is 0.274 e. The van der Waals surface area contributed by atoms with Crippen molar-refractivity contribution in [2.45, 2.75) is 32.1 Å². The number of rotatable bonds is 9. The van der Waals surface area contributed by atoms with Crippen LogP contribution >= 0.6 is 0 Å². The number of nitrogens with one attached hydrogen (secondary N) is 1. The number of pyridine rings is 1. The van der Waals surface area contributed by atoms with E-state index >= 15 is 0 Å². The first-order valence-electron chi connectivity index (χ1n) is 11.8. The number of benzene rings is 1. The van der Waals surface area contributed by atoms with Crippen LogP contribution in [0.5, 0.6) is 0 Å². The molecule has 3 aromatic heterocycles. The van der Waals surface area contributed by atoms with E-state index in [1.165, 1.54) is 12.8 Å². The monoisotopic (exact) mass is 478 g/mol. The lowest BCUT2D eigenvalue weighted by atomic mass is 10.1. The molecule has 0 aliphatic heterocycles. The second kappa shape index (κ2) is 10.3. The highest BCUT2D eigenvalue weighted by molar-refractivity contribution is 6.05. The first kappa shape index (κ1) is 23.1. The van der Waals surface area contributed by atoms with Crippen molar-refractivity contribution in [3.05, 3.63) is 91.7 Å². The van der Waals surface area contributed by atoms with Gasteiger partial charge in [-0.1, -0.05) is 25.6 Å². The van der Waals surface area contributed by atoms with E-state index in [0.717, 1.165) is 16.9 Å². The number of aliphatic imine (C=N–C) groups is 1. The number of carbonyl (C=O) groups is 1. The Balaban J connectivity index is 1.37. The molecule has 0 radical (unpaired) electrons. The Bertz CT molecular complexity index is 1440. The Labute approximate surface area is 209 Å². The molecule has 1 amide bonds. The number of nitrogens with zero attached hydrogens (tertiary/aromatic N) is 7. The van der Waals surface area contributed by atoms with Crippen LogP contribution in [0.15, 0.2) is 91.0 Å². The summed E-state index contributed by atoms with van der Waals surface area (Å²) in [6.07, 6.45) is 15.2. The van der Waals surface area contributed by atoms with Crippen molar-refractivity contribution in [3.63, 3.8) is 0 Å². The summed E-state index contributed by atoms with van der Waals surface area (Å²) in [5.74, 6) is 0.841. The standard InChI is InChI=1S/C27H26N8O/c1-3-11-29-24(13-19(2)34-16-25(30-17-34)20-9-10-20)27(36)32-22-7-4-6-21(14-22)26-33-31-18-35(26)23-8-5-12-28-15-23/h4-8,11-18,20H,2-3,9-10H2,1H3,(H,32,36). The third-order valence-corrected chi connectivity index (χ3v) is 5.73. The maximum absolute atomic E-state index is 13.2. The number of imidazole rings is 1. The normalized spacial score (nSPS) is 13.8. The van der Waals surface area contributed by atoms with Crippen molar-refractivity contribution in [1.82, 2.24) is 29.3 Å². The summed E-state index contributed by atoms with van der Waals surface area (Å²) in [6, 6.07) is 11.2. The van der Waals surface area contributed by atoms with Crippen molar-refractivity contribution >= 4 is 23.5 Å². The number of amides is 1. The Morgan fingerprint density at radius 1 is 1.25 bits per heavy atom. The van der Waals surface area contributed by atoms with Crippen molar-refractivity contribution in [1.29, 1.82) is 0 Å². The van der Waals surface area contributed by atoms with Gasteiger partial charge in [0.2, 0.25) is 0 Å². The minimum Gasteiger partial charge on any atom is -0.321 e. The lowest BCUT2D eigenvalue weighted by molar-refractivity contribution is -0.112. The van der Waals surface area contributed by atoms with Crippen molar-refractivity contribution < 1.29 is 4.79 Å². The molecule has 1 N–H and O–H groups in total. The van der Waals surface area contributed by atoms with Crippen LogP contribution in [-0.2, 0) is 4.79 Å². The summed E-state index contributed by atoms with van der Waals surface area (Å²) >= 11 is 0. The summed E-state index contributed by atoms with van der Waals surface area (Å²) in [6.45, 7) is 6.08. The number of anilines is 1. The molecule has 36 heavy (non-hydrogen) atoms. The van der Waals surface area contributed by atoms with Gasteiger partial charge in [0.05, 0.1) is 23.9 Å². The van der Waals surface area contributed by atoms with Crippen LogP contribution in [0.2, 0.25) is 0 Å². The zero-order chi connectivity index (χ0) is 24.9. The lowest BCUT2D eigenvalue weighted by Crippen LogP contribution is -2.14. The van der Waals surface area contributed by atoms with Crippen LogP contribution in [0, 0.1) is 0 Å². The van der Waals surface area contributed by atoms with Gasteiger partial charge in [0.25, 0.3) is 5.91 Å². The quantitative estimate of drug-likeness (QED) is 0.210. The Kier molecular flexibility index (Phi) is 6.61. The second-order valence-electron chi connectivity index (χ2n) is 8.49. The van der Waals surface area contributed by atoms with Gasteiger partial charge in [-0.15, -0.1) is 10.2 Å². The van der Waals surface area contributed by atoms with Crippen molar-refractivity contribution in [2.75, 3.05) is 5.32 Å². The Morgan fingerprint density at radius 2 is 2.14 bits per heavy atom. The molecule has 1 aromatic carbocycles. The minimum atomic E-state index is -0.339. The molecule has 1 fully saturated rings. The highest BCUT2D eigenvalue weighted by atomic mass is 16.2. The molecule has 0 spiro atoms. The number of carbonyl (C=O) groups excluding carboxylic acids is 1. The molecular weight excluding hydrogens is 452 g/mol. The van der Waals surface area contributed by atoms with E-state index < -0.39 is 0 Å². The first-order chi connectivity index (χ1) is 17.6. The van der Waals surface area contributed by atoms with Crippen LogP contribution in [0.25, 0.3) is 22.8 Å². The summed E-state index contributed by atoms with van der Waals surface area (Å²) in [7, 11) is 0. The molecule has 9 heteroatoms. The molecule has 0 atom stereocenters. The number of aromatic nitrogens is 6. The second-order valence-corrected chi connectivity index (χ2v) is 8.49. The zero-order valence-corrected chi connectivity index (χ0v) is 20.0. The predicted molar refractivity (Wildman–Crippen MR) is 140 cm³/mol. The third-order valence-electron chi connectivity index (χ3n) is 5.73. The predicted octanol–water partition coefficient (Wildman–Crippen LogP) is 4.88. The van der Waals surface area contributed by atoms with Gasteiger partial charge in [0, 0.05) is 41.5 Å². The van der Waals surface area contributed by atoms with Crippen molar-refractivity contribution in [2.24, 2.45) is 4.99 Å². The Hall–Kier alpha value is -4.66. The van der Waals surface area contributed by atoms with E-state index in [1.807, 2.05) is 58.7 Å². The van der Waals surface area contributed by atoms with E-state index in [4.69, 9.17) is 0 Å². The van der Waals surface area contributed by atoms with E-state index in [9.17, 15) is 4.79 Å². The highest BCUT2D eigenvalue weighted by Crippen LogP contribution is 2.39. The largest absolute Gasteiger partial charge is 0.321 e. The van der Waals surface area contributed by atoms with E-state index in [-0.39, 0.29) is 11.6 Å². The lowest BCUT2D eigenvalue weighted by Gasteiger charge is -2.10. The molecule has 0 bridgehead atoms. The topological polar surface area (TPSA) is 103 Å². The molecule has 5 rings (SSSR count). The van der Waals surface area contributed by atoms with Gasteiger partial charge in [0.1, 0.15) is 12.0 Å². The van der Waals surface area contributed by atoms with E-state index in [0.29, 0.717) is 29.5 Å². The van der Waals surface area contributed by atoms with Crippen molar-refractivity contribution in [3.8, 4) is 17.1 Å². The fourth-order valence-corrected chi connectivity index (χ4v) is 3.72. The molecule has 3 heterocycles. The fourth-order valence-electron chi connectivity index (χ4n) is 3.72. The molecule has 1 aliphatic rings. The number of allylic oxidation sites excluding steroid dienone is 2. The van der Waals surface area contributed by atoms with Crippen LogP contribution in [-0.4, -0.2) is 41.4 Å². The summed E-state index contributed by atoms with van der Waals surface area (Å²) in [5, 5.41) is 11.3. The van der Waals surface area contributed by atoms with Gasteiger partial charge >= 0.3 is 0 Å². The Morgan fingerprint density at radius 3 is 2.92 bits per heavy atom. The van der Waals surface area contributed by atoms with E-state index in [2.05, 4.69) is 37.1 Å². The average Bonchev–Trinajstić information content (AvgIpc) is 3.42. The SMILES string of the molecule is C=C(C=C(N=CCC)C(=O)Nc1cccc(-c2nncn2-c2cccnc2)c1)n1cnc(C2CC2)c1. The molecule has 9 nitrogen and oxygen atoms in total. The average molecular weight is 479 g/mol. The molecule has 0 saturated heterocycles. The molecule has 1 aliphatic carbocycles. The van der Waals surface area contributed by atoms with Crippen LogP contribution in [0.1, 0.15) is 37.8 Å². The van der Waals surface area contributed by atoms with Gasteiger partial charge in [-0.25, -0.2) is 4.98 Å². The van der Waals surface area contributed by atoms with Gasteiger partial charge in [-0.3, -0.25) is 19.3 Å².